The molecule has 2 N–H and O–H groups in total. The maximum absolute atomic E-state index is 10.7. The molecule has 1 unspecified atom stereocenters. The standard InChI is InChI=1S/C13H15N3O2S/c1-8(5-10-4-3-9(2)19-10)16-12-7-14-11(6-15-12)13(17)18/h3-4,6-8H,5H2,1-2H3,(H,15,16)(H,17,18). The predicted molar refractivity (Wildman–Crippen MR) is 74.8 cm³/mol. The maximum atomic E-state index is 10.7. The molecule has 0 amide bonds. The minimum Gasteiger partial charge on any atom is -0.476 e. The molecule has 0 radical (unpaired) electrons. The summed E-state index contributed by atoms with van der Waals surface area (Å²) in [5.41, 5.74) is -0.0490. The summed E-state index contributed by atoms with van der Waals surface area (Å²) in [5.74, 6) is -0.480. The first kappa shape index (κ1) is 13.5. The Hall–Kier alpha value is -1.95. The largest absolute Gasteiger partial charge is 0.476 e. The van der Waals surface area contributed by atoms with Crippen molar-refractivity contribution in [2.75, 3.05) is 5.32 Å². The first-order valence-corrected chi connectivity index (χ1v) is 6.73. The van der Waals surface area contributed by atoms with Gasteiger partial charge in [0.05, 0.1) is 12.4 Å². The van der Waals surface area contributed by atoms with Crippen LogP contribution in [0.25, 0.3) is 0 Å². The third kappa shape index (κ3) is 3.75. The lowest BCUT2D eigenvalue weighted by atomic mass is 10.2. The van der Waals surface area contributed by atoms with Gasteiger partial charge in [-0.25, -0.2) is 14.8 Å². The summed E-state index contributed by atoms with van der Waals surface area (Å²) in [6, 6.07) is 4.44. The van der Waals surface area contributed by atoms with E-state index in [0.29, 0.717) is 5.82 Å². The molecule has 0 aliphatic carbocycles. The van der Waals surface area contributed by atoms with Crippen LogP contribution in [0.3, 0.4) is 0 Å². The smallest absolute Gasteiger partial charge is 0.356 e. The minimum absolute atomic E-state index is 0.0490. The quantitative estimate of drug-likeness (QED) is 0.878. The highest BCUT2D eigenvalue weighted by Crippen LogP contribution is 2.17. The lowest BCUT2D eigenvalue weighted by Gasteiger charge is -2.13. The van der Waals surface area contributed by atoms with Crippen LogP contribution in [0.5, 0.6) is 0 Å². The van der Waals surface area contributed by atoms with Gasteiger partial charge in [0.15, 0.2) is 5.69 Å². The van der Waals surface area contributed by atoms with Crippen molar-refractivity contribution >= 4 is 23.1 Å². The fourth-order valence-electron chi connectivity index (χ4n) is 1.71. The van der Waals surface area contributed by atoms with Crippen molar-refractivity contribution in [2.24, 2.45) is 0 Å². The molecule has 0 aliphatic heterocycles. The van der Waals surface area contributed by atoms with E-state index in [0.717, 1.165) is 6.42 Å². The van der Waals surface area contributed by atoms with Gasteiger partial charge in [-0.05, 0) is 26.0 Å². The summed E-state index contributed by atoms with van der Waals surface area (Å²) in [6.07, 6.45) is 3.60. The molecule has 5 nitrogen and oxygen atoms in total. The molecule has 2 heterocycles. The molecule has 0 saturated carbocycles. The molecule has 6 heteroatoms. The Kier molecular flexibility index (Phi) is 4.11. The van der Waals surface area contributed by atoms with E-state index < -0.39 is 5.97 Å². The number of anilines is 1. The molecule has 0 fully saturated rings. The number of aromatic nitrogens is 2. The Morgan fingerprint density at radius 2 is 2.21 bits per heavy atom. The average Bonchev–Trinajstić information content (AvgIpc) is 2.75. The summed E-state index contributed by atoms with van der Waals surface area (Å²) in [6.45, 7) is 4.14. The molecule has 0 saturated heterocycles. The SMILES string of the molecule is Cc1ccc(CC(C)Nc2cnc(C(=O)O)cn2)s1. The van der Waals surface area contributed by atoms with Crippen LogP contribution in [-0.2, 0) is 6.42 Å². The molecule has 1 atom stereocenters. The zero-order valence-corrected chi connectivity index (χ0v) is 11.6. The van der Waals surface area contributed by atoms with Crippen molar-refractivity contribution in [3.8, 4) is 0 Å². The van der Waals surface area contributed by atoms with E-state index in [2.05, 4.69) is 41.3 Å². The second-order valence-electron chi connectivity index (χ2n) is 4.35. The zero-order chi connectivity index (χ0) is 13.8. The molecule has 19 heavy (non-hydrogen) atoms. The van der Waals surface area contributed by atoms with Gasteiger partial charge < -0.3 is 10.4 Å². The highest BCUT2D eigenvalue weighted by molar-refractivity contribution is 7.11. The summed E-state index contributed by atoms with van der Waals surface area (Å²) < 4.78 is 0. The molecular weight excluding hydrogens is 262 g/mol. The van der Waals surface area contributed by atoms with Crippen molar-refractivity contribution in [1.82, 2.24) is 9.97 Å². The second kappa shape index (κ2) is 5.79. The molecular formula is C13H15N3O2S. The summed E-state index contributed by atoms with van der Waals surface area (Å²) in [5, 5.41) is 11.9. The maximum Gasteiger partial charge on any atom is 0.356 e. The number of carbonyl (C=O) groups is 1. The van der Waals surface area contributed by atoms with Crippen LogP contribution in [-0.4, -0.2) is 27.1 Å². The first-order valence-electron chi connectivity index (χ1n) is 5.92. The van der Waals surface area contributed by atoms with Gasteiger partial charge in [-0.1, -0.05) is 0 Å². The third-order valence-corrected chi connectivity index (χ3v) is 3.59. The lowest BCUT2D eigenvalue weighted by molar-refractivity contribution is 0.0690. The van der Waals surface area contributed by atoms with Crippen LogP contribution in [0.15, 0.2) is 24.5 Å². The van der Waals surface area contributed by atoms with Crippen LogP contribution in [0.2, 0.25) is 0 Å². The van der Waals surface area contributed by atoms with E-state index in [-0.39, 0.29) is 11.7 Å². The number of hydrogen-bond donors (Lipinski definition) is 2. The van der Waals surface area contributed by atoms with E-state index in [1.165, 1.54) is 22.1 Å². The third-order valence-electron chi connectivity index (χ3n) is 2.57. The predicted octanol–water partition coefficient (Wildman–Crippen LogP) is 2.59. The molecule has 0 spiro atoms. The number of aromatic carboxylic acids is 1. The Morgan fingerprint density at radius 1 is 1.42 bits per heavy atom. The van der Waals surface area contributed by atoms with Crippen molar-refractivity contribution in [1.29, 1.82) is 0 Å². The number of rotatable bonds is 5. The Balaban J connectivity index is 1.94. The van der Waals surface area contributed by atoms with Crippen LogP contribution in [0, 0.1) is 6.92 Å². The van der Waals surface area contributed by atoms with Gasteiger partial charge >= 0.3 is 5.97 Å². The molecule has 2 aromatic heterocycles. The van der Waals surface area contributed by atoms with Gasteiger partial charge in [0, 0.05) is 22.2 Å². The number of nitrogens with zero attached hydrogens (tertiary/aromatic N) is 2. The van der Waals surface area contributed by atoms with Gasteiger partial charge in [0.2, 0.25) is 0 Å². The summed E-state index contributed by atoms with van der Waals surface area (Å²) in [7, 11) is 0. The zero-order valence-electron chi connectivity index (χ0n) is 10.8. The van der Waals surface area contributed by atoms with E-state index >= 15 is 0 Å². The van der Waals surface area contributed by atoms with Crippen molar-refractivity contribution in [3.05, 3.63) is 40.0 Å². The Labute approximate surface area is 115 Å². The van der Waals surface area contributed by atoms with E-state index in [4.69, 9.17) is 5.11 Å². The lowest BCUT2D eigenvalue weighted by Crippen LogP contribution is -2.18. The molecule has 0 bridgehead atoms. The van der Waals surface area contributed by atoms with Crippen molar-refractivity contribution in [3.63, 3.8) is 0 Å². The number of aryl methyl sites for hydroxylation is 1. The second-order valence-corrected chi connectivity index (χ2v) is 5.73. The Bertz CT molecular complexity index is 566. The minimum atomic E-state index is -1.07. The van der Waals surface area contributed by atoms with Crippen LogP contribution in [0.1, 0.15) is 27.2 Å². The Morgan fingerprint density at radius 3 is 2.74 bits per heavy atom. The number of thiophene rings is 1. The number of carboxylic acids is 1. The van der Waals surface area contributed by atoms with Gasteiger partial charge in [-0.2, -0.15) is 0 Å². The molecule has 2 rings (SSSR count). The molecule has 0 aromatic carbocycles. The van der Waals surface area contributed by atoms with Crippen LogP contribution in [0.4, 0.5) is 5.82 Å². The van der Waals surface area contributed by atoms with Gasteiger partial charge in [0.1, 0.15) is 5.82 Å². The number of carboxylic acid groups (broad SMARTS) is 1. The van der Waals surface area contributed by atoms with E-state index in [9.17, 15) is 4.79 Å². The highest BCUT2D eigenvalue weighted by Gasteiger charge is 2.08. The fourth-order valence-corrected chi connectivity index (χ4v) is 2.73. The first-order chi connectivity index (χ1) is 9.04. The normalized spacial score (nSPS) is 12.1. The molecule has 2 aromatic rings. The number of nitrogens with one attached hydrogen (secondary N) is 1. The summed E-state index contributed by atoms with van der Waals surface area (Å²) in [4.78, 5) is 21.1. The van der Waals surface area contributed by atoms with E-state index in [1.54, 1.807) is 11.3 Å². The topological polar surface area (TPSA) is 75.1 Å². The summed E-state index contributed by atoms with van der Waals surface area (Å²) >= 11 is 1.78. The van der Waals surface area contributed by atoms with Gasteiger partial charge in [-0.3, -0.25) is 0 Å². The van der Waals surface area contributed by atoms with Gasteiger partial charge in [-0.15, -0.1) is 11.3 Å². The van der Waals surface area contributed by atoms with Crippen molar-refractivity contribution in [2.45, 2.75) is 26.3 Å². The van der Waals surface area contributed by atoms with Crippen molar-refractivity contribution < 1.29 is 9.90 Å². The molecule has 100 valence electrons. The van der Waals surface area contributed by atoms with Crippen LogP contribution >= 0.6 is 11.3 Å². The van der Waals surface area contributed by atoms with Crippen LogP contribution < -0.4 is 5.32 Å². The molecule has 0 aliphatic rings. The fraction of sp³-hybridized carbons (Fsp3) is 0.308. The van der Waals surface area contributed by atoms with Gasteiger partial charge in [0.25, 0.3) is 0 Å². The monoisotopic (exact) mass is 277 g/mol. The highest BCUT2D eigenvalue weighted by atomic mass is 32.1. The van der Waals surface area contributed by atoms with E-state index in [1.807, 2.05) is 0 Å². The number of hydrogen-bond acceptors (Lipinski definition) is 5. The average molecular weight is 277 g/mol.